The summed E-state index contributed by atoms with van der Waals surface area (Å²) in [6, 6.07) is 15.7. The highest BCUT2D eigenvalue weighted by atomic mass is 32.2. The number of benzene rings is 2. The first-order valence-corrected chi connectivity index (χ1v) is 16.1. The molecule has 0 radical (unpaired) electrons. The van der Waals surface area contributed by atoms with E-state index in [1.807, 2.05) is 92.7 Å². The first-order valence-electron chi connectivity index (χ1n) is 15.2. The number of para-hydroxylation sites is 2. The number of aliphatic hydroxyl groups is 1. The molecule has 0 saturated carbocycles. The molecule has 0 bridgehead atoms. The lowest BCUT2D eigenvalue weighted by atomic mass is 9.78. The van der Waals surface area contributed by atoms with Crippen molar-refractivity contribution in [3.8, 4) is 0 Å². The third-order valence-electron chi connectivity index (χ3n) is 9.32. The predicted octanol–water partition coefficient (Wildman–Crippen LogP) is 3.09. The number of hydrogen-bond acceptors (Lipinski definition) is 7. The number of nitrogens with zero attached hydrogens (tertiary/aromatic N) is 6. The van der Waals surface area contributed by atoms with E-state index in [9.17, 15) is 19.5 Å². The summed E-state index contributed by atoms with van der Waals surface area (Å²) in [5.74, 6) is -1.79. The molecule has 228 valence electrons. The zero-order valence-corrected chi connectivity index (χ0v) is 25.6. The van der Waals surface area contributed by atoms with Gasteiger partial charge < -0.3 is 19.8 Å². The molecule has 7 rings (SSSR count). The number of aliphatic hydroxyl groups excluding tert-OH is 1. The van der Waals surface area contributed by atoms with Crippen molar-refractivity contribution in [1.82, 2.24) is 24.8 Å². The van der Waals surface area contributed by atoms with Crippen LogP contribution in [0.4, 0.5) is 5.69 Å². The molecule has 5 heterocycles. The number of carbonyl (C=O) groups excluding carboxylic acids is 3. The maximum atomic E-state index is 14.8. The van der Waals surface area contributed by atoms with Gasteiger partial charge in [-0.25, -0.2) is 4.68 Å². The lowest BCUT2D eigenvalue weighted by Gasteiger charge is -2.39. The van der Waals surface area contributed by atoms with Gasteiger partial charge in [0.15, 0.2) is 0 Å². The Labute approximate surface area is 260 Å². The van der Waals surface area contributed by atoms with Crippen LogP contribution >= 0.6 is 11.8 Å². The number of fused-ring (bicyclic) bond motifs is 3. The summed E-state index contributed by atoms with van der Waals surface area (Å²) in [5.41, 5.74) is 2.32. The van der Waals surface area contributed by atoms with Gasteiger partial charge in [0.1, 0.15) is 18.2 Å². The number of amides is 3. The van der Waals surface area contributed by atoms with Crippen LogP contribution < -0.4 is 4.90 Å². The van der Waals surface area contributed by atoms with Crippen molar-refractivity contribution < 1.29 is 19.5 Å². The van der Waals surface area contributed by atoms with Crippen molar-refractivity contribution in [2.75, 3.05) is 24.6 Å². The zero-order chi connectivity index (χ0) is 30.6. The van der Waals surface area contributed by atoms with Crippen molar-refractivity contribution in [2.24, 2.45) is 17.8 Å². The Morgan fingerprint density at radius 3 is 2.52 bits per heavy atom. The van der Waals surface area contributed by atoms with E-state index in [2.05, 4.69) is 10.3 Å². The summed E-state index contributed by atoms with van der Waals surface area (Å²) in [6.07, 6.45) is 8.54. The predicted molar refractivity (Wildman–Crippen MR) is 168 cm³/mol. The van der Waals surface area contributed by atoms with Gasteiger partial charge in [0.05, 0.1) is 34.7 Å². The molecule has 4 aliphatic rings. The average molecular weight is 613 g/mol. The average Bonchev–Trinajstić information content (AvgIpc) is 3.58. The first kappa shape index (κ1) is 28.8. The minimum absolute atomic E-state index is 0.116. The molecule has 2 aromatic carbocycles. The van der Waals surface area contributed by atoms with Crippen LogP contribution in [0.5, 0.6) is 0 Å². The first-order chi connectivity index (χ1) is 21.3. The van der Waals surface area contributed by atoms with E-state index < -0.39 is 28.7 Å². The fraction of sp³-hybridized carbons (Fsp3) is 0.424. The Balaban J connectivity index is 1.31. The van der Waals surface area contributed by atoms with Crippen molar-refractivity contribution in [2.45, 2.75) is 49.0 Å². The molecule has 10 nitrogen and oxygen atoms in total. The molecule has 2 fully saturated rings. The van der Waals surface area contributed by atoms with Crippen LogP contribution in [-0.4, -0.2) is 89.4 Å². The molecule has 1 spiro atoms. The number of aromatic nitrogens is 3. The fourth-order valence-corrected chi connectivity index (χ4v) is 9.48. The fourth-order valence-electron chi connectivity index (χ4n) is 7.49. The molecule has 4 aliphatic heterocycles. The molecule has 1 N–H and O–H groups in total. The van der Waals surface area contributed by atoms with Crippen molar-refractivity contribution in [3.63, 3.8) is 0 Å². The van der Waals surface area contributed by atoms with Crippen LogP contribution in [0.3, 0.4) is 0 Å². The number of anilines is 1. The molecular formula is C33H36N6O4S. The summed E-state index contributed by atoms with van der Waals surface area (Å²) < 4.78 is 0.734. The highest BCUT2D eigenvalue weighted by Crippen LogP contribution is 2.61. The number of likely N-dealkylation sites (tertiary alicyclic amines) is 1. The van der Waals surface area contributed by atoms with Gasteiger partial charge in [0.25, 0.3) is 0 Å². The van der Waals surface area contributed by atoms with E-state index in [4.69, 9.17) is 0 Å². The highest BCUT2D eigenvalue weighted by Gasteiger charge is 2.71. The van der Waals surface area contributed by atoms with Crippen molar-refractivity contribution in [1.29, 1.82) is 0 Å². The monoisotopic (exact) mass is 612 g/mol. The van der Waals surface area contributed by atoms with E-state index >= 15 is 0 Å². The molecular weight excluding hydrogens is 576 g/mol. The standard InChI is InChI=1S/C33H36N6O4S/c1-21(2)18-23(19-40)39-29-32(43)36(20-38-25-13-7-6-12-24(25)34-35-38)16-9-15-33(29)28(31(39)42)27-26(44-33)14-8-17-37(30(27)41)22-10-4-3-5-11-22/h3-15,21,23,26-29,40H,16-20H2,1-2H3/t23-,26+,27-,28+,29?,33+/m1/s1. The van der Waals surface area contributed by atoms with E-state index in [-0.39, 0.29) is 42.2 Å². The van der Waals surface area contributed by atoms with Crippen LogP contribution in [-0.2, 0) is 21.1 Å². The summed E-state index contributed by atoms with van der Waals surface area (Å²) in [5, 5.41) is 18.9. The molecule has 2 saturated heterocycles. The number of rotatable bonds is 7. The Morgan fingerprint density at radius 2 is 1.75 bits per heavy atom. The summed E-state index contributed by atoms with van der Waals surface area (Å²) in [6.45, 7) is 4.71. The van der Waals surface area contributed by atoms with Crippen LogP contribution in [0, 0.1) is 17.8 Å². The lowest BCUT2D eigenvalue weighted by Crippen LogP contribution is -2.56. The van der Waals surface area contributed by atoms with Crippen LogP contribution in [0.15, 0.2) is 78.9 Å². The molecule has 6 atom stereocenters. The van der Waals surface area contributed by atoms with Gasteiger partial charge in [-0.3, -0.25) is 14.4 Å². The SMILES string of the molecule is CC(C)C[C@H](CO)N1C(=O)[C@@H]2[C@@H]3C(=O)N(c4ccccc4)CC=C[C@@H]3S[C@@]23C=CCN(Cn2nnc4ccccc42)C(=O)C13. The second kappa shape index (κ2) is 11.2. The van der Waals surface area contributed by atoms with E-state index in [0.29, 0.717) is 19.5 Å². The molecule has 11 heteroatoms. The van der Waals surface area contributed by atoms with Gasteiger partial charge in [0, 0.05) is 24.0 Å². The van der Waals surface area contributed by atoms with E-state index in [1.54, 1.807) is 31.1 Å². The van der Waals surface area contributed by atoms with Gasteiger partial charge in [-0.1, -0.05) is 73.7 Å². The third-order valence-corrected chi connectivity index (χ3v) is 11.1. The Hall–Kier alpha value is -3.96. The highest BCUT2D eigenvalue weighted by molar-refractivity contribution is 8.02. The van der Waals surface area contributed by atoms with E-state index in [0.717, 1.165) is 16.7 Å². The second-order valence-corrected chi connectivity index (χ2v) is 13.9. The maximum absolute atomic E-state index is 14.8. The summed E-state index contributed by atoms with van der Waals surface area (Å²) in [7, 11) is 0. The smallest absolute Gasteiger partial charge is 0.248 e. The topological polar surface area (TPSA) is 112 Å². The molecule has 1 unspecified atom stereocenters. The van der Waals surface area contributed by atoms with Crippen molar-refractivity contribution in [3.05, 3.63) is 78.9 Å². The summed E-state index contributed by atoms with van der Waals surface area (Å²) >= 11 is 1.55. The van der Waals surface area contributed by atoms with Gasteiger partial charge in [-0.15, -0.1) is 16.9 Å². The molecule has 0 aliphatic carbocycles. The Bertz CT molecular complexity index is 1660. The maximum Gasteiger partial charge on any atom is 0.248 e. The lowest BCUT2D eigenvalue weighted by molar-refractivity contribution is -0.146. The minimum Gasteiger partial charge on any atom is -0.394 e. The normalized spacial score (nSPS) is 28.8. The zero-order valence-electron chi connectivity index (χ0n) is 24.8. The minimum atomic E-state index is -0.965. The largest absolute Gasteiger partial charge is 0.394 e. The van der Waals surface area contributed by atoms with Gasteiger partial charge in [-0.2, -0.15) is 0 Å². The van der Waals surface area contributed by atoms with Crippen molar-refractivity contribution >= 4 is 46.2 Å². The Kier molecular flexibility index (Phi) is 7.32. The van der Waals surface area contributed by atoms with Crippen LogP contribution in [0.25, 0.3) is 11.0 Å². The molecule has 44 heavy (non-hydrogen) atoms. The summed E-state index contributed by atoms with van der Waals surface area (Å²) in [4.78, 5) is 48.9. The number of hydrogen-bond donors (Lipinski definition) is 1. The van der Waals surface area contributed by atoms with Gasteiger partial charge in [-0.05, 0) is 36.6 Å². The van der Waals surface area contributed by atoms with Crippen LogP contribution in [0.1, 0.15) is 20.3 Å². The van der Waals surface area contributed by atoms with Gasteiger partial charge in [0.2, 0.25) is 17.7 Å². The second-order valence-electron chi connectivity index (χ2n) is 12.4. The molecule has 1 aromatic heterocycles. The quantitative estimate of drug-likeness (QED) is 0.408. The van der Waals surface area contributed by atoms with E-state index in [1.165, 1.54) is 0 Å². The number of thioether (sulfide) groups is 1. The molecule has 3 aromatic rings. The van der Waals surface area contributed by atoms with Crippen LogP contribution in [0.2, 0.25) is 0 Å². The Morgan fingerprint density at radius 1 is 0.977 bits per heavy atom. The van der Waals surface area contributed by atoms with Gasteiger partial charge >= 0.3 is 0 Å². The number of carbonyl (C=O) groups is 3. The third kappa shape index (κ3) is 4.47. The molecule has 3 amide bonds.